The van der Waals surface area contributed by atoms with Gasteiger partial charge in [0.05, 0.1) is 33.0 Å². The predicted molar refractivity (Wildman–Crippen MR) is 106 cm³/mol. The number of likely N-dealkylation sites (N-methyl/N-ethyl adjacent to an activating group) is 2. The van der Waals surface area contributed by atoms with Crippen LogP contribution >= 0.6 is 0 Å². The number of nitrogens with one attached hydrogen (secondary N) is 1. The molecule has 0 spiro atoms. The maximum Gasteiger partial charge on any atom is 0.303 e. The van der Waals surface area contributed by atoms with Gasteiger partial charge in [0.25, 0.3) is 0 Å². The number of aliphatic carboxylic acids is 2. The Morgan fingerprint density at radius 3 is 1.42 bits per heavy atom. The molecule has 3 N–H and O–H groups in total. The lowest BCUT2D eigenvalue weighted by molar-refractivity contribution is -0.885. The van der Waals surface area contributed by atoms with Crippen LogP contribution in [0.3, 0.4) is 0 Å². The van der Waals surface area contributed by atoms with Crippen LogP contribution in [0.2, 0.25) is 0 Å². The Bertz CT molecular complexity index is 297. The predicted octanol–water partition coefficient (Wildman–Crippen LogP) is 0.757. The van der Waals surface area contributed by atoms with Crippen LogP contribution < -0.4 is 4.90 Å². The molecule has 156 valence electrons. The molecule has 0 radical (unpaired) electrons. The number of carboxylic acids is 2. The van der Waals surface area contributed by atoms with Crippen molar-refractivity contribution >= 4 is 11.9 Å². The summed E-state index contributed by atoms with van der Waals surface area (Å²) in [6.45, 7) is 14.1. The molecule has 0 aromatic carbocycles. The highest BCUT2D eigenvalue weighted by atomic mass is 16.4. The zero-order valence-electron chi connectivity index (χ0n) is 17.8. The van der Waals surface area contributed by atoms with Gasteiger partial charge in [-0.15, -0.1) is 0 Å². The third kappa shape index (κ3) is 19.1. The Hall–Kier alpha value is -1.18. The summed E-state index contributed by atoms with van der Waals surface area (Å²) in [6.07, 6.45) is 2.28. The summed E-state index contributed by atoms with van der Waals surface area (Å²) in [6, 6.07) is 0. The minimum atomic E-state index is -1.08. The number of nitrogens with zero attached hydrogens (tertiary/aromatic N) is 2. The van der Waals surface area contributed by atoms with Crippen molar-refractivity contribution in [3.8, 4) is 0 Å². The average molecular weight is 377 g/mol. The summed E-state index contributed by atoms with van der Waals surface area (Å²) < 4.78 is 0. The Labute approximate surface area is 160 Å². The Balaban J connectivity index is 0. The quantitative estimate of drug-likeness (QED) is 0.674. The van der Waals surface area contributed by atoms with E-state index in [-0.39, 0.29) is 12.8 Å². The van der Waals surface area contributed by atoms with Crippen molar-refractivity contribution in [2.75, 3.05) is 60.4 Å². The van der Waals surface area contributed by atoms with Crippen LogP contribution in [0.15, 0.2) is 0 Å². The monoisotopic (exact) mass is 376 g/mol. The summed E-state index contributed by atoms with van der Waals surface area (Å²) in [4.78, 5) is 25.7. The Morgan fingerprint density at radius 2 is 1.19 bits per heavy atom. The molecule has 2 aliphatic rings. The first-order chi connectivity index (χ1) is 12.2. The highest BCUT2D eigenvalue weighted by Gasteiger charge is 2.14. The summed E-state index contributed by atoms with van der Waals surface area (Å²) in [5.41, 5.74) is 0. The molecule has 2 saturated heterocycles. The lowest BCUT2D eigenvalue weighted by atomic mass is 10.00. The van der Waals surface area contributed by atoms with E-state index in [4.69, 9.17) is 10.2 Å². The van der Waals surface area contributed by atoms with E-state index in [1.165, 1.54) is 52.1 Å². The van der Waals surface area contributed by atoms with Gasteiger partial charge in [-0.25, -0.2) is 0 Å². The van der Waals surface area contributed by atoms with Crippen LogP contribution in [0.1, 0.15) is 46.5 Å². The van der Waals surface area contributed by atoms with E-state index < -0.39 is 11.9 Å². The molecule has 7 nitrogen and oxygen atoms in total. The molecular weight excluding hydrogens is 334 g/mol. The van der Waals surface area contributed by atoms with Crippen molar-refractivity contribution in [3.63, 3.8) is 0 Å². The first kappa shape index (κ1) is 27.0. The number of likely N-dealkylation sites (tertiary alicyclic amines) is 1. The van der Waals surface area contributed by atoms with Gasteiger partial charge in [0.2, 0.25) is 0 Å². The first-order valence-corrected chi connectivity index (χ1v) is 9.82. The van der Waals surface area contributed by atoms with Gasteiger partial charge in [-0.2, -0.15) is 0 Å². The molecule has 0 bridgehead atoms. The molecule has 26 heavy (non-hydrogen) atoms. The third-order valence-electron chi connectivity index (χ3n) is 4.41. The maximum atomic E-state index is 9.64. The summed E-state index contributed by atoms with van der Waals surface area (Å²) >= 11 is 0. The molecule has 0 aliphatic carbocycles. The molecule has 2 fully saturated rings. The fourth-order valence-electron chi connectivity index (χ4n) is 2.38. The molecule has 0 saturated carbocycles. The second-order valence-corrected chi connectivity index (χ2v) is 7.03. The molecule has 0 aromatic heterocycles. The second-order valence-electron chi connectivity index (χ2n) is 7.03. The number of hydrogen-bond acceptors (Lipinski definition) is 4. The van der Waals surface area contributed by atoms with Crippen molar-refractivity contribution in [2.24, 2.45) is 5.92 Å². The highest BCUT2D eigenvalue weighted by Crippen LogP contribution is 2.05. The molecule has 2 aliphatic heterocycles. The number of carboxylic acid groups (broad SMARTS) is 2. The number of rotatable bonds is 3. The van der Waals surface area contributed by atoms with E-state index in [1.807, 2.05) is 13.8 Å². The normalized spacial score (nSPS) is 23.2. The minimum Gasteiger partial charge on any atom is -0.481 e. The highest BCUT2D eigenvalue weighted by molar-refractivity contribution is 5.75. The van der Waals surface area contributed by atoms with E-state index in [1.54, 1.807) is 4.90 Å². The van der Waals surface area contributed by atoms with Crippen molar-refractivity contribution in [2.45, 2.75) is 46.5 Å². The van der Waals surface area contributed by atoms with Gasteiger partial charge in [-0.3, -0.25) is 9.59 Å². The molecule has 0 atom stereocenters. The number of carbonyl (C=O) groups is 2. The topological polar surface area (TPSA) is 85.5 Å². The second kappa shape index (κ2) is 17.2. The van der Waals surface area contributed by atoms with Gasteiger partial charge in [0.1, 0.15) is 0 Å². The van der Waals surface area contributed by atoms with E-state index >= 15 is 0 Å². The van der Waals surface area contributed by atoms with E-state index in [2.05, 4.69) is 37.9 Å². The van der Waals surface area contributed by atoms with Crippen molar-refractivity contribution in [1.29, 1.82) is 0 Å². The summed E-state index contributed by atoms with van der Waals surface area (Å²) in [7, 11) is 6.63. The first-order valence-electron chi connectivity index (χ1n) is 9.82. The smallest absolute Gasteiger partial charge is 0.303 e. The fourth-order valence-corrected chi connectivity index (χ4v) is 2.38. The largest absolute Gasteiger partial charge is 0.481 e. The SMILES string of the molecule is CC.CC1CC[NH+](C)CC1.CN1CCN(C)CC1.O=C(O)CCC(=O)O. The van der Waals surface area contributed by atoms with E-state index in [9.17, 15) is 9.59 Å². The van der Waals surface area contributed by atoms with E-state index in [0.717, 1.165) is 5.92 Å². The minimum absolute atomic E-state index is 0.296. The molecule has 7 heteroatoms. The van der Waals surface area contributed by atoms with Gasteiger partial charge in [-0.1, -0.05) is 20.8 Å². The van der Waals surface area contributed by atoms with Crippen molar-refractivity contribution in [1.82, 2.24) is 9.80 Å². The number of quaternary nitrogens is 1. The van der Waals surface area contributed by atoms with Crippen LogP contribution in [-0.4, -0.2) is 92.4 Å². The van der Waals surface area contributed by atoms with Crippen LogP contribution in [0, 0.1) is 5.92 Å². The lowest BCUT2D eigenvalue weighted by Gasteiger charge is -2.28. The molecule has 0 aromatic rings. The molecule has 2 heterocycles. The summed E-state index contributed by atoms with van der Waals surface area (Å²) in [5, 5.41) is 15.8. The molecular formula is C19H42N3O4+. The Kier molecular flexibility index (Phi) is 17.9. The summed E-state index contributed by atoms with van der Waals surface area (Å²) in [5.74, 6) is -1.15. The zero-order valence-corrected chi connectivity index (χ0v) is 17.8. The van der Waals surface area contributed by atoms with Crippen molar-refractivity contribution < 1.29 is 24.7 Å². The third-order valence-corrected chi connectivity index (χ3v) is 4.41. The van der Waals surface area contributed by atoms with Gasteiger partial charge in [0, 0.05) is 26.2 Å². The number of piperazine rings is 1. The number of piperidine rings is 1. The molecule has 0 amide bonds. The standard InChI is InChI=1S/C7H15N.C6H14N2.C4H6O4.C2H6/c2*1-7-3-5-8(2)6-4-7;5-3(6)1-2-4(7)8;1-2/h7H,3-6H2,1-2H3;3-6H2,1-2H3;1-2H2,(H,5,6)(H,7,8);1-2H3/p+1. The van der Waals surface area contributed by atoms with Gasteiger partial charge in [0.15, 0.2) is 0 Å². The average Bonchev–Trinajstić information content (AvgIpc) is 2.61. The van der Waals surface area contributed by atoms with Crippen LogP contribution in [0.25, 0.3) is 0 Å². The maximum absolute atomic E-state index is 9.64. The number of hydrogen-bond donors (Lipinski definition) is 3. The van der Waals surface area contributed by atoms with Crippen LogP contribution in [0.5, 0.6) is 0 Å². The lowest BCUT2D eigenvalue weighted by Crippen LogP contribution is -3.10. The van der Waals surface area contributed by atoms with Crippen LogP contribution in [-0.2, 0) is 9.59 Å². The van der Waals surface area contributed by atoms with E-state index in [0.29, 0.717) is 0 Å². The van der Waals surface area contributed by atoms with Crippen molar-refractivity contribution in [3.05, 3.63) is 0 Å². The molecule has 2 rings (SSSR count). The zero-order chi connectivity index (χ0) is 20.5. The molecule has 0 unspecified atom stereocenters. The van der Waals surface area contributed by atoms with Crippen LogP contribution in [0.4, 0.5) is 0 Å². The fraction of sp³-hybridized carbons (Fsp3) is 0.895. The Morgan fingerprint density at radius 1 is 0.885 bits per heavy atom. The van der Waals surface area contributed by atoms with Gasteiger partial charge >= 0.3 is 11.9 Å². The van der Waals surface area contributed by atoms with Gasteiger partial charge in [-0.05, 0) is 32.9 Å². The van der Waals surface area contributed by atoms with Gasteiger partial charge < -0.3 is 24.9 Å².